The van der Waals surface area contributed by atoms with Crippen LogP contribution in [0.3, 0.4) is 0 Å². The van der Waals surface area contributed by atoms with Crippen LogP contribution in [0.5, 0.6) is 0 Å². The maximum atomic E-state index is 13.4. The molecule has 10 heteroatoms. The van der Waals surface area contributed by atoms with Crippen molar-refractivity contribution in [1.29, 1.82) is 0 Å². The van der Waals surface area contributed by atoms with Crippen LogP contribution in [0.25, 0.3) is 22.4 Å². The highest BCUT2D eigenvalue weighted by atomic mass is 35.5. The molecule has 1 unspecified atom stereocenters. The fourth-order valence-electron chi connectivity index (χ4n) is 10.0. The lowest BCUT2D eigenvalue weighted by atomic mass is 9.49. The van der Waals surface area contributed by atoms with Crippen LogP contribution < -0.4 is 21.7 Å². The topological polar surface area (TPSA) is 119 Å². The summed E-state index contributed by atoms with van der Waals surface area (Å²) >= 11 is 12.3. The van der Waals surface area contributed by atoms with Gasteiger partial charge in [0.1, 0.15) is 5.82 Å². The molecule has 8 nitrogen and oxygen atoms in total. The van der Waals surface area contributed by atoms with Gasteiger partial charge in [-0.2, -0.15) is 0 Å². The summed E-state index contributed by atoms with van der Waals surface area (Å²) in [4.78, 5) is 33.5. The molecule has 3 aromatic carbocycles. The van der Waals surface area contributed by atoms with E-state index < -0.39 is 18.0 Å². The van der Waals surface area contributed by atoms with Crippen LogP contribution in [-0.4, -0.2) is 40.5 Å². The van der Waals surface area contributed by atoms with Gasteiger partial charge in [0.2, 0.25) is 11.8 Å². The molecule has 0 spiro atoms. The molecule has 4 aliphatic rings. The SMILES string of the molecule is CCCN(CCC)c1ccc(-c2nc3cc(C(CC(N)=O)NC(=O)[C@@H](N)Cc4ccc(Cl)c(Cl)c4)ccc3n2CC23CC4CC(CC(C4)C2)C3)cc1. The van der Waals surface area contributed by atoms with Gasteiger partial charge in [-0.3, -0.25) is 9.59 Å². The zero-order valence-electron chi connectivity index (χ0n) is 30.4. The smallest absolute Gasteiger partial charge is 0.237 e. The summed E-state index contributed by atoms with van der Waals surface area (Å²) in [7, 11) is 0. The number of nitrogens with two attached hydrogens (primary N) is 2. The average molecular weight is 744 g/mol. The minimum absolute atomic E-state index is 0.0644. The number of halogens is 2. The molecule has 4 aromatic rings. The molecule has 4 saturated carbocycles. The van der Waals surface area contributed by atoms with Crippen LogP contribution in [0.15, 0.2) is 60.7 Å². The minimum Gasteiger partial charge on any atom is -0.372 e. The second-order valence-corrected chi connectivity index (χ2v) is 16.8. The number of carbonyl (C=O) groups is 2. The van der Waals surface area contributed by atoms with E-state index >= 15 is 0 Å². The summed E-state index contributed by atoms with van der Waals surface area (Å²) < 4.78 is 2.46. The van der Waals surface area contributed by atoms with Gasteiger partial charge in [0.15, 0.2) is 0 Å². The number of aromatic nitrogens is 2. The number of nitrogens with zero attached hydrogens (tertiary/aromatic N) is 3. The Labute approximate surface area is 317 Å². The van der Waals surface area contributed by atoms with Gasteiger partial charge in [0.05, 0.1) is 39.6 Å². The third kappa shape index (κ3) is 7.85. The number of nitrogens with one attached hydrogen (secondary N) is 1. The monoisotopic (exact) mass is 742 g/mol. The second-order valence-electron chi connectivity index (χ2n) is 16.0. The molecular weight excluding hydrogens is 691 g/mol. The Kier molecular flexibility index (Phi) is 10.9. The van der Waals surface area contributed by atoms with Crippen molar-refractivity contribution in [2.24, 2.45) is 34.6 Å². The van der Waals surface area contributed by atoms with Gasteiger partial charge >= 0.3 is 0 Å². The Morgan fingerprint density at radius 2 is 1.58 bits per heavy atom. The van der Waals surface area contributed by atoms with E-state index in [1.807, 2.05) is 12.1 Å². The molecule has 2 atom stereocenters. The first-order valence-corrected chi connectivity index (χ1v) is 19.9. The van der Waals surface area contributed by atoms with Gasteiger partial charge in [0, 0.05) is 30.9 Å². The first-order valence-electron chi connectivity index (χ1n) is 19.2. The number of rotatable bonds is 15. The van der Waals surface area contributed by atoms with Crippen LogP contribution in [0.1, 0.15) is 88.8 Å². The number of primary amides is 1. The lowest BCUT2D eigenvalue weighted by Gasteiger charge is -2.57. The molecule has 0 aliphatic heterocycles. The predicted molar refractivity (Wildman–Crippen MR) is 211 cm³/mol. The summed E-state index contributed by atoms with van der Waals surface area (Å²) in [6, 6.07) is 18.7. The van der Waals surface area contributed by atoms with Crippen molar-refractivity contribution in [1.82, 2.24) is 14.9 Å². The number of hydrogen-bond acceptors (Lipinski definition) is 5. The van der Waals surface area contributed by atoms with Crippen LogP contribution in [-0.2, 0) is 22.6 Å². The van der Waals surface area contributed by atoms with Crippen molar-refractivity contribution in [2.45, 2.75) is 96.7 Å². The molecule has 4 aliphatic carbocycles. The Morgan fingerprint density at radius 1 is 0.923 bits per heavy atom. The molecule has 1 aromatic heterocycles. The number of amides is 2. The van der Waals surface area contributed by atoms with Crippen molar-refractivity contribution in [3.63, 3.8) is 0 Å². The van der Waals surface area contributed by atoms with Gasteiger partial charge in [-0.1, -0.05) is 49.2 Å². The molecule has 52 heavy (non-hydrogen) atoms. The fraction of sp³-hybridized carbons (Fsp3) is 0.500. The molecule has 1 heterocycles. The number of fused-ring (bicyclic) bond motifs is 1. The van der Waals surface area contributed by atoms with Crippen LogP contribution >= 0.6 is 23.2 Å². The van der Waals surface area contributed by atoms with E-state index in [-0.39, 0.29) is 18.7 Å². The molecular formula is C42H52Cl2N6O2. The normalized spacial score (nSPS) is 23.1. The highest BCUT2D eigenvalue weighted by molar-refractivity contribution is 6.42. The molecule has 276 valence electrons. The first-order chi connectivity index (χ1) is 25.0. The molecule has 5 N–H and O–H groups in total. The van der Waals surface area contributed by atoms with Crippen molar-refractivity contribution in [3.05, 3.63) is 81.8 Å². The van der Waals surface area contributed by atoms with Gasteiger partial charge in [-0.15, -0.1) is 0 Å². The molecule has 8 rings (SSSR count). The molecule has 0 radical (unpaired) electrons. The van der Waals surface area contributed by atoms with Gasteiger partial charge in [0.25, 0.3) is 0 Å². The summed E-state index contributed by atoms with van der Waals surface area (Å²) in [5, 5.41) is 3.84. The number of anilines is 1. The van der Waals surface area contributed by atoms with E-state index in [0.29, 0.717) is 15.5 Å². The van der Waals surface area contributed by atoms with E-state index in [4.69, 9.17) is 39.7 Å². The quantitative estimate of drug-likeness (QED) is 0.113. The Bertz CT molecular complexity index is 1880. The third-order valence-corrected chi connectivity index (χ3v) is 12.5. The van der Waals surface area contributed by atoms with Crippen molar-refractivity contribution < 1.29 is 9.59 Å². The fourth-order valence-corrected chi connectivity index (χ4v) is 10.4. The standard InChI is InChI=1S/C42H52Cl2N6O2/c1-3-13-49(14-4-2)32-9-6-30(7-10-32)40-47-37-20-31(8-12-38(37)50(40)25-42-22-27-15-28(23-42)17-29(16-27)24-42)36(21-39(46)51)48-41(52)35(45)19-26-5-11-33(43)34(44)18-26/h5-12,18,20,27-29,35-36H,3-4,13-17,19,21-25,45H2,1-2H3,(H2,46,51)(H,48,52)/t27?,28?,29?,35-,36?,42?/m0/s1. The number of imidazole rings is 1. The minimum atomic E-state index is -0.865. The summed E-state index contributed by atoms with van der Waals surface area (Å²) in [5.41, 5.74) is 18.2. The zero-order valence-corrected chi connectivity index (χ0v) is 31.9. The van der Waals surface area contributed by atoms with E-state index in [0.717, 1.165) is 83.8 Å². The average Bonchev–Trinajstić information content (AvgIpc) is 3.45. The highest BCUT2D eigenvalue weighted by Crippen LogP contribution is 2.61. The van der Waals surface area contributed by atoms with Crippen molar-refractivity contribution >= 4 is 51.7 Å². The largest absolute Gasteiger partial charge is 0.372 e. The summed E-state index contributed by atoms with van der Waals surface area (Å²) in [5.74, 6) is 2.60. The lowest BCUT2D eigenvalue weighted by molar-refractivity contribution is -0.123. The molecule has 4 bridgehead atoms. The van der Waals surface area contributed by atoms with Crippen molar-refractivity contribution in [3.8, 4) is 11.4 Å². The third-order valence-electron chi connectivity index (χ3n) is 11.8. The molecule has 0 saturated heterocycles. The van der Waals surface area contributed by atoms with E-state index in [9.17, 15) is 9.59 Å². The van der Waals surface area contributed by atoms with Gasteiger partial charge < -0.3 is 26.3 Å². The van der Waals surface area contributed by atoms with E-state index in [1.165, 1.54) is 44.2 Å². The number of benzene rings is 3. The number of carbonyl (C=O) groups excluding carboxylic acids is 2. The predicted octanol–water partition coefficient (Wildman–Crippen LogP) is 8.46. The highest BCUT2D eigenvalue weighted by Gasteiger charge is 2.51. The molecule has 2 amide bonds. The Hall–Kier alpha value is -3.59. The van der Waals surface area contributed by atoms with Crippen LogP contribution in [0, 0.1) is 23.2 Å². The Balaban J connectivity index is 1.21. The maximum Gasteiger partial charge on any atom is 0.237 e. The number of hydrogen-bond donors (Lipinski definition) is 3. The van der Waals surface area contributed by atoms with Gasteiger partial charge in [-0.05, 0) is 141 Å². The van der Waals surface area contributed by atoms with E-state index in [1.54, 1.807) is 18.2 Å². The Morgan fingerprint density at radius 3 is 2.17 bits per heavy atom. The lowest BCUT2D eigenvalue weighted by Crippen LogP contribution is -2.47. The van der Waals surface area contributed by atoms with Gasteiger partial charge in [-0.25, -0.2) is 4.98 Å². The maximum absolute atomic E-state index is 13.4. The van der Waals surface area contributed by atoms with Crippen molar-refractivity contribution in [2.75, 3.05) is 18.0 Å². The van der Waals surface area contributed by atoms with Crippen LogP contribution in [0.2, 0.25) is 10.0 Å². The van der Waals surface area contributed by atoms with Crippen LogP contribution in [0.4, 0.5) is 5.69 Å². The first kappa shape index (κ1) is 36.8. The second kappa shape index (κ2) is 15.4. The zero-order chi connectivity index (χ0) is 36.6. The van der Waals surface area contributed by atoms with E-state index in [2.05, 4.69) is 59.0 Å². The molecule has 4 fully saturated rings. The summed E-state index contributed by atoms with van der Waals surface area (Å²) in [6.45, 7) is 7.47. The summed E-state index contributed by atoms with van der Waals surface area (Å²) in [6.07, 6.45) is 10.5.